The van der Waals surface area contributed by atoms with Gasteiger partial charge in [-0.05, 0) is 38.9 Å². The Morgan fingerprint density at radius 2 is 2.21 bits per heavy atom. The van der Waals surface area contributed by atoms with Gasteiger partial charge in [0.15, 0.2) is 0 Å². The van der Waals surface area contributed by atoms with Gasteiger partial charge in [0.05, 0.1) is 24.0 Å². The summed E-state index contributed by atoms with van der Waals surface area (Å²) in [7, 11) is 0. The van der Waals surface area contributed by atoms with E-state index in [-0.39, 0.29) is 12.5 Å². The molecule has 0 fully saturated rings. The van der Waals surface area contributed by atoms with Crippen LogP contribution < -0.4 is 16.4 Å². The number of anilines is 2. The van der Waals surface area contributed by atoms with Crippen molar-refractivity contribution in [1.82, 2.24) is 4.98 Å². The van der Waals surface area contributed by atoms with Gasteiger partial charge in [-0.15, -0.1) is 0 Å². The maximum atomic E-state index is 11.5. The molecule has 1 aromatic heterocycles. The molecule has 0 spiro atoms. The first-order valence-corrected chi connectivity index (χ1v) is 6.32. The molecule has 0 bridgehead atoms. The minimum Gasteiger partial charge on any atom is -0.394 e. The van der Waals surface area contributed by atoms with Crippen molar-refractivity contribution in [3.63, 3.8) is 0 Å². The van der Waals surface area contributed by atoms with Crippen molar-refractivity contribution < 1.29 is 9.90 Å². The van der Waals surface area contributed by atoms with Crippen molar-refractivity contribution in [1.29, 1.82) is 0 Å². The van der Waals surface area contributed by atoms with Crippen molar-refractivity contribution in [2.45, 2.75) is 32.2 Å². The van der Waals surface area contributed by atoms with Crippen LogP contribution in [0.4, 0.5) is 11.5 Å². The predicted molar refractivity (Wildman–Crippen MR) is 75.9 cm³/mol. The normalized spacial score (nSPS) is 11.2. The molecule has 0 radical (unpaired) electrons. The average molecular weight is 266 g/mol. The zero-order valence-electron chi connectivity index (χ0n) is 11.4. The standard InChI is InChI=1S/C13H22N4O2/c1-13(2,9-18)17-11-6-5-10(8-15-11)16-12(19)4-3-7-14/h5-6,8,18H,3-4,7,9,14H2,1-2H3,(H,15,17)(H,16,19). The van der Waals surface area contributed by atoms with E-state index in [0.717, 1.165) is 0 Å². The number of hydrogen-bond donors (Lipinski definition) is 4. The van der Waals surface area contributed by atoms with E-state index in [4.69, 9.17) is 10.8 Å². The summed E-state index contributed by atoms with van der Waals surface area (Å²) < 4.78 is 0. The Balaban J connectivity index is 2.54. The topological polar surface area (TPSA) is 100 Å². The lowest BCUT2D eigenvalue weighted by atomic mass is 10.1. The molecular formula is C13H22N4O2. The van der Waals surface area contributed by atoms with Crippen LogP contribution in [0.25, 0.3) is 0 Å². The number of nitrogens with zero attached hydrogens (tertiary/aromatic N) is 1. The number of carbonyl (C=O) groups is 1. The number of aliphatic hydroxyl groups is 1. The number of nitrogens with two attached hydrogens (primary N) is 1. The molecule has 1 rings (SSSR count). The van der Waals surface area contributed by atoms with E-state index in [0.29, 0.717) is 30.9 Å². The van der Waals surface area contributed by atoms with E-state index in [1.54, 1.807) is 18.3 Å². The van der Waals surface area contributed by atoms with E-state index >= 15 is 0 Å². The Morgan fingerprint density at radius 1 is 1.47 bits per heavy atom. The molecule has 0 aromatic carbocycles. The first-order chi connectivity index (χ1) is 8.96. The first kappa shape index (κ1) is 15.4. The minimum atomic E-state index is -0.432. The molecule has 0 unspecified atom stereocenters. The van der Waals surface area contributed by atoms with Crippen molar-refractivity contribution in [3.8, 4) is 0 Å². The van der Waals surface area contributed by atoms with Crippen LogP contribution >= 0.6 is 0 Å². The second-order valence-corrected chi connectivity index (χ2v) is 5.04. The molecule has 1 heterocycles. The number of rotatable bonds is 7. The van der Waals surface area contributed by atoms with Crippen molar-refractivity contribution in [2.24, 2.45) is 5.73 Å². The zero-order chi connectivity index (χ0) is 14.3. The lowest BCUT2D eigenvalue weighted by Crippen LogP contribution is -2.35. The van der Waals surface area contributed by atoms with Gasteiger partial charge in [-0.3, -0.25) is 4.79 Å². The van der Waals surface area contributed by atoms with E-state index in [1.807, 2.05) is 13.8 Å². The fraction of sp³-hybridized carbons (Fsp3) is 0.538. The van der Waals surface area contributed by atoms with Gasteiger partial charge in [0.2, 0.25) is 5.91 Å². The summed E-state index contributed by atoms with van der Waals surface area (Å²) in [6, 6.07) is 3.53. The van der Waals surface area contributed by atoms with Gasteiger partial charge in [-0.1, -0.05) is 0 Å². The summed E-state index contributed by atoms with van der Waals surface area (Å²) in [5, 5.41) is 15.0. The largest absolute Gasteiger partial charge is 0.394 e. The second-order valence-electron chi connectivity index (χ2n) is 5.04. The number of amides is 1. The molecule has 6 nitrogen and oxygen atoms in total. The minimum absolute atomic E-state index is 0.00621. The monoisotopic (exact) mass is 266 g/mol. The molecule has 5 N–H and O–H groups in total. The number of aliphatic hydroxyl groups excluding tert-OH is 1. The fourth-order valence-electron chi connectivity index (χ4n) is 1.41. The summed E-state index contributed by atoms with van der Waals surface area (Å²) in [6.07, 6.45) is 2.66. The number of pyridine rings is 1. The van der Waals surface area contributed by atoms with Crippen LogP contribution in [0.5, 0.6) is 0 Å². The Morgan fingerprint density at radius 3 is 2.74 bits per heavy atom. The Bertz CT molecular complexity index is 404. The van der Waals surface area contributed by atoms with Gasteiger partial charge in [0, 0.05) is 6.42 Å². The van der Waals surface area contributed by atoms with Crippen LogP contribution in [0.3, 0.4) is 0 Å². The third kappa shape index (κ3) is 5.67. The van der Waals surface area contributed by atoms with E-state index in [9.17, 15) is 4.79 Å². The molecule has 0 aliphatic rings. The Hall–Kier alpha value is -1.66. The third-order valence-corrected chi connectivity index (χ3v) is 2.52. The van der Waals surface area contributed by atoms with Crippen molar-refractivity contribution in [3.05, 3.63) is 18.3 Å². The van der Waals surface area contributed by atoms with Gasteiger partial charge in [0.25, 0.3) is 0 Å². The number of aromatic nitrogens is 1. The molecule has 0 aliphatic carbocycles. The van der Waals surface area contributed by atoms with Crippen LogP contribution in [-0.4, -0.2) is 34.7 Å². The Labute approximate surface area is 113 Å². The van der Waals surface area contributed by atoms with Crippen LogP contribution in [0.1, 0.15) is 26.7 Å². The highest BCUT2D eigenvalue weighted by Gasteiger charge is 2.16. The van der Waals surface area contributed by atoms with E-state index in [1.165, 1.54) is 0 Å². The summed E-state index contributed by atoms with van der Waals surface area (Å²) >= 11 is 0. The summed E-state index contributed by atoms with van der Waals surface area (Å²) in [5.41, 5.74) is 5.56. The summed E-state index contributed by atoms with van der Waals surface area (Å²) in [6.45, 7) is 4.26. The smallest absolute Gasteiger partial charge is 0.224 e. The lowest BCUT2D eigenvalue weighted by Gasteiger charge is -2.24. The quantitative estimate of drug-likeness (QED) is 0.588. The third-order valence-electron chi connectivity index (χ3n) is 2.52. The van der Waals surface area contributed by atoms with Gasteiger partial charge in [-0.2, -0.15) is 0 Å². The fourth-order valence-corrected chi connectivity index (χ4v) is 1.41. The highest BCUT2D eigenvalue weighted by atomic mass is 16.3. The molecule has 0 saturated carbocycles. The molecule has 19 heavy (non-hydrogen) atoms. The van der Waals surface area contributed by atoms with E-state index < -0.39 is 5.54 Å². The SMILES string of the molecule is CC(C)(CO)Nc1ccc(NC(=O)CCCN)cn1. The van der Waals surface area contributed by atoms with Gasteiger partial charge in [-0.25, -0.2) is 4.98 Å². The maximum absolute atomic E-state index is 11.5. The van der Waals surface area contributed by atoms with Crippen molar-refractivity contribution >= 4 is 17.4 Å². The van der Waals surface area contributed by atoms with Gasteiger partial charge >= 0.3 is 0 Å². The maximum Gasteiger partial charge on any atom is 0.224 e. The predicted octanol–water partition coefficient (Wildman–Crippen LogP) is 0.942. The number of nitrogens with one attached hydrogen (secondary N) is 2. The highest BCUT2D eigenvalue weighted by Crippen LogP contribution is 2.14. The molecule has 106 valence electrons. The van der Waals surface area contributed by atoms with Crippen LogP contribution in [0, 0.1) is 0 Å². The number of hydrogen-bond acceptors (Lipinski definition) is 5. The zero-order valence-corrected chi connectivity index (χ0v) is 11.4. The molecule has 0 saturated heterocycles. The summed E-state index contributed by atoms with van der Waals surface area (Å²) in [5.74, 6) is 0.586. The molecule has 0 atom stereocenters. The second kappa shape index (κ2) is 7.06. The first-order valence-electron chi connectivity index (χ1n) is 6.32. The van der Waals surface area contributed by atoms with E-state index in [2.05, 4.69) is 15.6 Å². The average Bonchev–Trinajstić information content (AvgIpc) is 2.38. The van der Waals surface area contributed by atoms with Crippen LogP contribution in [0.2, 0.25) is 0 Å². The highest BCUT2D eigenvalue weighted by molar-refractivity contribution is 5.90. The molecule has 0 aliphatic heterocycles. The number of carbonyl (C=O) groups excluding carboxylic acids is 1. The molecule has 1 aromatic rings. The summed E-state index contributed by atoms with van der Waals surface area (Å²) in [4.78, 5) is 15.7. The van der Waals surface area contributed by atoms with Crippen molar-refractivity contribution in [2.75, 3.05) is 23.8 Å². The molecule has 6 heteroatoms. The molecule has 1 amide bonds. The van der Waals surface area contributed by atoms with Crippen LogP contribution in [0.15, 0.2) is 18.3 Å². The lowest BCUT2D eigenvalue weighted by molar-refractivity contribution is -0.116. The molecular weight excluding hydrogens is 244 g/mol. The Kier molecular flexibility index (Phi) is 5.72. The van der Waals surface area contributed by atoms with Gasteiger partial charge in [0.1, 0.15) is 5.82 Å². The van der Waals surface area contributed by atoms with Crippen LogP contribution in [-0.2, 0) is 4.79 Å². The van der Waals surface area contributed by atoms with Gasteiger partial charge < -0.3 is 21.5 Å².